The molecule has 1 unspecified atom stereocenters. The van der Waals surface area contributed by atoms with Crippen LogP contribution in [0, 0.1) is 50.5 Å². The normalized spacial score (nSPS) is 21.9. The highest BCUT2D eigenvalue weighted by molar-refractivity contribution is 6.32. The van der Waals surface area contributed by atoms with Gasteiger partial charge in [-0.3, -0.25) is 9.59 Å². The third-order valence-electron chi connectivity index (χ3n) is 13.4. The number of hydrogen-bond acceptors (Lipinski definition) is 11. The molecule has 0 bridgehead atoms. The van der Waals surface area contributed by atoms with E-state index in [2.05, 4.69) is 55.8 Å². The second-order valence-corrected chi connectivity index (χ2v) is 21.9. The largest absolute Gasteiger partial charge is 0.491 e. The van der Waals surface area contributed by atoms with E-state index in [9.17, 15) is 20.1 Å². The Labute approximate surface area is 442 Å². The molecule has 392 valence electrons. The molecule has 2 aliphatic rings. The highest BCUT2D eigenvalue weighted by Crippen LogP contribution is 2.56. The van der Waals surface area contributed by atoms with Crippen molar-refractivity contribution in [2.45, 2.75) is 90.4 Å². The number of amides is 2. The van der Waals surface area contributed by atoms with Gasteiger partial charge in [0.05, 0.1) is 80.6 Å². The maximum Gasteiger partial charge on any atom is 0.251 e. The van der Waals surface area contributed by atoms with E-state index in [4.69, 9.17) is 63.2 Å². The zero-order valence-corrected chi connectivity index (χ0v) is 44.5. The van der Waals surface area contributed by atoms with E-state index in [0.29, 0.717) is 73.7 Å². The predicted molar refractivity (Wildman–Crippen MR) is 275 cm³/mol. The molecule has 6 rings (SSSR count). The summed E-state index contributed by atoms with van der Waals surface area (Å²) in [7, 11) is 0. The van der Waals surface area contributed by atoms with Crippen LogP contribution >= 0.6 is 34.8 Å². The highest BCUT2D eigenvalue weighted by Gasteiger charge is 2.64. The van der Waals surface area contributed by atoms with Gasteiger partial charge in [0.2, 0.25) is 5.91 Å². The molecule has 0 radical (unpaired) electrons. The maximum atomic E-state index is 15.9. The standard InChI is InChI=1S/C55H64Cl3F2N5O8/c1-52(2,3)31-44-55(33-62,40-18-14-36(56)29-43(40)59)45(39-9-8-10-41(57)46(39)60)47(64-44)49(67)63-19-20-68-21-22-69-23-24-70-25-26-71-27-28-72-37-15-11-34(12-16-37)48(66)65-50-53(4,5)51(54(50,6)7)73-38-17-13-35(32-61)42(58)30-38/h8-18,29-30,44-45,47,50-51,64H,19-28,31H2,1-7H3,(H,63,67)(H,65,66)/t44-,45+,47?,50-,51-,55-/m0/s1. The van der Waals surface area contributed by atoms with Crippen molar-refractivity contribution in [1.82, 2.24) is 16.0 Å². The first-order valence-electron chi connectivity index (χ1n) is 24.2. The van der Waals surface area contributed by atoms with Crippen molar-refractivity contribution in [2.24, 2.45) is 16.2 Å². The molecule has 18 heteroatoms. The summed E-state index contributed by atoms with van der Waals surface area (Å²) in [6.45, 7) is 16.9. The quantitative estimate of drug-likeness (QED) is 0.0570. The summed E-state index contributed by atoms with van der Waals surface area (Å²) in [5.74, 6) is -2.23. The van der Waals surface area contributed by atoms with Gasteiger partial charge in [-0.2, -0.15) is 10.5 Å². The van der Waals surface area contributed by atoms with Crippen LogP contribution in [0.3, 0.4) is 0 Å². The fourth-order valence-corrected chi connectivity index (χ4v) is 11.0. The van der Waals surface area contributed by atoms with Crippen LogP contribution < -0.4 is 25.4 Å². The van der Waals surface area contributed by atoms with Crippen molar-refractivity contribution >= 4 is 46.6 Å². The first-order valence-corrected chi connectivity index (χ1v) is 25.3. The first kappa shape index (κ1) is 57.2. The fraction of sp³-hybridized carbons (Fsp3) is 0.491. The number of nitrogens with zero attached hydrogens (tertiary/aromatic N) is 2. The molecule has 1 heterocycles. The molecule has 0 aromatic heterocycles. The average molecular weight is 1070 g/mol. The molecule has 4 atom stereocenters. The highest BCUT2D eigenvalue weighted by atomic mass is 35.5. The third-order valence-corrected chi connectivity index (χ3v) is 14.3. The van der Waals surface area contributed by atoms with E-state index in [0.717, 1.165) is 6.07 Å². The van der Waals surface area contributed by atoms with Gasteiger partial charge in [-0.15, -0.1) is 0 Å². The summed E-state index contributed by atoms with van der Waals surface area (Å²) in [5.41, 5.74) is -1.98. The molecule has 1 aliphatic carbocycles. The van der Waals surface area contributed by atoms with E-state index in [1.165, 1.54) is 24.3 Å². The minimum absolute atomic E-state index is 0.00462. The lowest BCUT2D eigenvalue weighted by Gasteiger charge is -2.63. The van der Waals surface area contributed by atoms with Crippen LogP contribution in [0.2, 0.25) is 15.1 Å². The number of carbonyl (C=O) groups excluding carboxylic acids is 2. The summed E-state index contributed by atoms with van der Waals surface area (Å²) in [4.78, 5) is 27.3. The van der Waals surface area contributed by atoms with E-state index in [1.807, 2.05) is 20.8 Å². The van der Waals surface area contributed by atoms with Gasteiger partial charge in [0.1, 0.15) is 47.3 Å². The van der Waals surface area contributed by atoms with Gasteiger partial charge in [-0.25, -0.2) is 8.78 Å². The molecule has 0 spiro atoms. The van der Waals surface area contributed by atoms with Crippen LogP contribution in [0.1, 0.15) is 87.9 Å². The summed E-state index contributed by atoms with van der Waals surface area (Å²) in [6, 6.07) is 22.7. The van der Waals surface area contributed by atoms with Gasteiger partial charge in [-0.1, -0.05) is 101 Å². The molecule has 3 N–H and O–H groups in total. The average Bonchev–Trinajstić information content (AvgIpc) is 3.65. The zero-order chi connectivity index (χ0) is 53.1. The second-order valence-electron chi connectivity index (χ2n) is 20.6. The molecule has 13 nitrogen and oxygen atoms in total. The minimum atomic E-state index is -1.72. The molecule has 4 aromatic carbocycles. The number of nitrogens with one attached hydrogen (secondary N) is 3. The second kappa shape index (κ2) is 25.0. The molecule has 2 amide bonds. The van der Waals surface area contributed by atoms with Crippen LogP contribution in [0.5, 0.6) is 11.5 Å². The molecule has 1 saturated carbocycles. The maximum absolute atomic E-state index is 15.9. The first-order chi connectivity index (χ1) is 34.6. The van der Waals surface area contributed by atoms with Crippen LogP contribution in [0.15, 0.2) is 78.9 Å². The van der Waals surface area contributed by atoms with Crippen molar-refractivity contribution in [3.63, 3.8) is 0 Å². The predicted octanol–water partition coefficient (Wildman–Crippen LogP) is 9.99. The topological polar surface area (TPSA) is 173 Å². The Kier molecular flexibility index (Phi) is 19.6. The van der Waals surface area contributed by atoms with Crippen molar-refractivity contribution in [3.8, 4) is 23.6 Å². The van der Waals surface area contributed by atoms with Gasteiger partial charge < -0.3 is 44.4 Å². The van der Waals surface area contributed by atoms with Crippen molar-refractivity contribution < 1.29 is 46.8 Å². The van der Waals surface area contributed by atoms with Crippen LogP contribution in [-0.4, -0.2) is 102 Å². The summed E-state index contributed by atoms with van der Waals surface area (Å²) in [5, 5.41) is 29.8. The van der Waals surface area contributed by atoms with Gasteiger partial charge in [0, 0.05) is 57.6 Å². The molecular weight excluding hydrogens is 1000 g/mol. The third kappa shape index (κ3) is 13.6. The van der Waals surface area contributed by atoms with E-state index >= 15 is 8.78 Å². The number of benzene rings is 4. The molecule has 1 aliphatic heterocycles. The van der Waals surface area contributed by atoms with Gasteiger partial charge in [0.25, 0.3) is 5.91 Å². The van der Waals surface area contributed by atoms with E-state index < -0.39 is 51.8 Å². The van der Waals surface area contributed by atoms with Crippen molar-refractivity contribution in [1.29, 1.82) is 10.5 Å². The van der Waals surface area contributed by atoms with Crippen molar-refractivity contribution in [3.05, 3.63) is 128 Å². The zero-order valence-electron chi connectivity index (χ0n) is 42.2. The lowest BCUT2D eigenvalue weighted by molar-refractivity contribution is -0.164. The number of ether oxygens (including phenoxy) is 6. The van der Waals surface area contributed by atoms with Crippen LogP contribution in [-0.2, 0) is 29.2 Å². The molecule has 2 fully saturated rings. The number of hydrogen-bond donors (Lipinski definition) is 3. The van der Waals surface area contributed by atoms with E-state index in [1.54, 1.807) is 48.5 Å². The Morgan fingerprint density at radius 1 is 0.753 bits per heavy atom. The monoisotopic (exact) mass is 1070 g/mol. The number of nitriles is 2. The van der Waals surface area contributed by atoms with Gasteiger partial charge >= 0.3 is 0 Å². The SMILES string of the molecule is CC(C)(C)C[C@@H]1NC(C(=O)NCCOCCOCCOCCOCCOc2ccc(C(=O)N[C@H]3C(C)(C)[C@H](Oc4ccc(C#N)c(Cl)c4)C3(C)C)cc2)[C@@H](c2cccc(Cl)c2F)[C@@]1(C#N)c1ccc(Cl)cc1F. The van der Waals surface area contributed by atoms with Gasteiger partial charge in [0.15, 0.2) is 0 Å². The van der Waals surface area contributed by atoms with Gasteiger partial charge in [-0.05, 0) is 72.0 Å². The number of rotatable bonds is 24. The smallest absolute Gasteiger partial charge is 0.251 e. The Morgan fingerprint density at radius 3 is 1.93 bits per heavy atom. The molecular formula is C55H64Cl3F2N5O8. The molecule has 73 heavy (non-hydrogen) atoms. The lowest BCUT2D eigenvalue weighted by atomic mass is 9.49. The minimum Gasteiger partial charge on any atom is -0.491 e. The summed E-state index contributed by atoms with van der Waals surface area (Å²) in [6.07, 6.45) is 0.137. The number of halogens is 5. The molecule has 1 saturated heterocycles. The van der Waals surface area contributed by atoms with Crippen molar-refractivity contribution in [2.75, 3.05) is 66.0 Å². The Morgan fingerprint density at radius 2 is 1.36 bits per heavy atom. The Bertz CT molecular complexity index is 2620. The van der Waals surface area contributed by atoms with Crippen LogP contribution in [0.4, 0.5) is 8.78 Å². The Balaban J connectivity index is 0.840. The molecule has 4 aromatic rings. The summed E-state index contributed by atoms with van der Waals surface area (Å²) < 4.78 is 66.4. The van der Waals surface area contributed by atoms with E-state index in [-0.39, 0.29) is 71.0 Å². The summed E-state index contributed by atoms with van der Waals surface area (Å²) >= 11 is 18.6. The van der Waals surface area contributed by atoms with Crippen LogP contribution in [0.25, 0.3) is 0 Å². The lowest BCUT2D eigenvalue weighted by Crippen LogP contribution is -2.74. The number of carbonyl (C=O) groups is 2. The Hall–Kier alpha value is -5.07. The fourth-order valence-electron chi connectivity index (χ4n) is 10.4.